The van der Waals surface area contributed by atoms with Crippen LogP contribution in [0.15, 0.2) is 82.5 Å². The van der Waals surface area contributed by atoms with Crippen LogP contribution in [0, 0.1) is 11.3 Å². The summed E-state index contributed by atoms with van der Waals surface area (Å²) in [6.07, 6.45) is 1.81. The Bertz CT molecular complexity index is 1910. The van der Waals surface area contributed by atoms with Gasteiger partial charge in [0.2, 0.25) is 0 Å². The Morgan fingerprint density at radius 1 is 0.956 bits per heavy atom. The molecule has 12 heteroatoms. The van der Waals surface area contributed by atoms with E-state index >= 15 is 0 Å². The number of piperazine rings is 1. The molecule has 2 fully saturated rings. The number of piperidine rings is 1. The number of aromatic nitrogens is 2. The van der Waals surface area contributed by atoms with Gasteiger partial charge in [0.1, 0.15) is 11.8 Å². The molecule has 0 N–H and O–H groups in total. The zero-order valence-electron chi connectivity index (χ0n) is 25.4. The molecule has 2 aliphatic rings. The normalized spacial score (nSPS) is 18.9. The molecule has 4 aromatic rings. The first-order valence-electron chi connectivity index (χ1n) is 15.1. The van der Waals surface area contributed by atoms with Gasteiger partial charge in [-0.05, 0) is 67.9 Å². The predicted octanol–water partition coefficient (Wildman–Crippen LogP) is 2.75. The third kappa shape index (κ3) is 5.75. The fraction of sp³-hybridized carbons (Fsp3) is 0.364. The number of methoxy groups -OCH3 is 1. The highest BCUT2D eigenvalue weighted by molar-refractivity contribution is 7.90. The Kier molecular flexibility index (Phi) is 8.50. The average Bonchev–Trinajstić information content (AvgIpc) is 3.37. The summed E-state index contributed by atoms with van der Waals surface area (Å²) in [5.74, 6) is 0.180. The number of nitriles is 1. The maximum absolute atomic E-state index is 14.6. The molecule has 1 amide bonds. The highest BCUT2D eigenvalue weighted by atomic mass is 32.2. The molecule has 0 saturated carbocycles. The van der Waals surface area contributed by atoms with Crippen LogP contribution in [-0.4, -0.2) is 97.0 Å². The molecule has 3 heterocycles. The van der Waals surface area contributed by atoms with Crippen molar-refractivity contribution < 1.29 is 17.9 Å². The molecule has 0 spiro atoms. The molecule has 2 aliphatic heterocycles. The van der Waals surface area contributed by atoms with Gasteiger partial charge in [-0.15, -0.1) is 0 Å². The van der Waals surface area contributed by atoms with Crippen molar-refractivity contribution in [3.05, 3.63) is 94.4 Å². The van der Waals surface area contributed by atoms with Crippen molar-refractivity contribution >= 4 is 27.0 Å². The van der Waals surface area contributed by atoms with Gasteiger partial charge < -0.3 is 14.5 Å². The summed E-state index contributed by atoms with van der Waals surface area (Å²) in [6, 6.07) is 20.2. The van der Waals surface area contributed by atoms with Gasteiger partial charge in [0.15, 0.2) is 0 Å². The van der Waals surface area contributed by atoms with Crippen molar-refractivity contribution in [1.82, 2.24) is 23.2 Å². The van der Waals surface area contributed by atoms with Crippen LogP contribution in [0.25, 0.3) is 11.0 Å². The Labute approximate surface area is 262 Å². The molecule has 6 rings (SSSR count). The van der Waals surface area contributed by atoms with Crippen molar-refractivity contribution in [2.75, 3.05) is 53.4 Å². The van der Waals surface area contributed by atoms with Crippen LogP contribution in [0.1, 0.15) is 30.0 Å². The van der Waals surface area contributed by atoms with Crippen molar-refractivity contribution in [1.29, 1.82) is 5.26 Å². The van der Waals surface area contributed by atoms with Crippen LogP contribution in [0.4, 0.5) is 0 Å². The van der Waals surface area contributed by atoms with E-state index in [4.69, 9.17) is 4.74 Å². The molecule has 2 atom stereocenters. The van der Waals surface area contributed by atoms with E-state index < -0.39 is 21.8 Å². The first-order chi connectivity index (χ1) is 21.7. The molecule has 11 nitrogen and oxygen atoms in total. The molecule has 0 bridgehead atoms. The predicted molar refractivity (Wildman–Crippen MR) is 170 cm³/mol. The molecule has 1 aromatic heterocycles. The summed E-state index contributed by atoms with van der Waals surface area (Å²) in [6.45, 7) is 4.85. The van der Waals surface area contributed by atoms with E-state index in [1.807, 2.05) is 11.0 Å². The number of likely N-dealkylation sites (tertiary alicyclic amines) is 1. The van der Waals surface area contributed by atoms with Crippen LogP contribution >= 0.6 is 0 Å². The topological polar surface area (TPSA) is 121 Å². The van der Waals surface area contributed by atoms with Crippen LogP contribution in [0.5, 0.6) is 5.75 Å². The average molecular weight is 629 g/mol. The number of hydrogen-bond acceptors (Lipinski definition) is 8. The van der Waals surface area contributed by atoms with E-state index in [-0.39, 0.29) is 33.4 Å². The molecule has 1 unspecified atom stereocenters. The summed E-state index contributed by atoms with van der Waals surface area (Å²) >= 11 is 0. The lowest BCUT2D eigenvalue weighted by atomic mass is 9.99. The number of hydrogen-bond donors (Lipinski definition) is 0. The van der Waals surface area contributed by atoms with E-state index in [2.05, 4.69) is 22.9 Å². The minimum Gasteiger partial charge on any atom is -0.497 e. The quantitative estimate of drug-likeness (QED) is 0.307. The summed E-state index contributed by atoms with van der Waals surface area (Å²) in [5, 5.41) is 9.73. The molecular formula is C33H36N6O5S. The number of imidazole rings is 1. The molecule has 45 heavy (non-hydrogen) atoms. The van der Waals surface area contributed by atoms with Gasteiger partial charge in [0, 0.05) is 45.3 Å². The Morgan fingerprint density at radius 3 is 2.33 bits per heavy atom. The fourth-order valence-electron chi connectivity index (χ4n) is 6.45. The number of carbonyl (C=O) groups is 1. The number of nitrogens with zero attached hydrogens (tertiary/aromatic N) is 6. The van der Waals surface area contributed by atoms with Gasteiger partial charge in [-0.2, -0.15) is 9.23 Å². The Morgan fingerprint density at radius 2 is 1.67 bits per heavy atom. The molecule has 234 valence electrons. The van der Waals surface area contributed by atoms with E-state index in [9.17, 15) is 23.3 Å². The number of benzene rings is 3. The first-order valence-corrected chi connectivity index (χ1v) is 16.5. The largest absolute Gasteiger partial charge is 0.497 e. The summed E-state index contributed by atoms with van der Waals surface area (Å²) < 4.78 is 35.3. The lowest BCUT2D eigenvalue weighted by molar-refractivity contribution is -0.136. The maximum atomic E-state index is 14.6. The second kappa shape index (κ2) is 12.5. The number of likely N-dealkylation sites (N-methyl/N-ethyl adjacent to an activating group) is 1. The standard InChI is InChI=1S/C33H36N6O5S/c1-35-17-19-36(20-18-35)26-9-6-16-37(23-26)32(40)31(25-7-4-3-5-8-25)38-30-21-24(22-34)10-15-29(30)39(33(38)41)45(42,43)28-13-11-27(44-2)12-14-28/h3-5,7-8,10-15,21,26,31H,6,9,16-20,23H2,1-2H3/t26-,31?/m0/s1. The lowest BCUT2D eigenvalue weighted by Crippen LogP contribution is -2.56. The van der Waals surface area contributed by atoms with Gasteiger partial charge in [-0.25, -0.2) is 13.2 Å². The second-order valence-corrected chi connectivity index (χ2v) is 13.4. The zero-order valence-corrected chi connectivity index (χ0v) is 26.2. The van der Waals surface area contributed by atoms with Crippen LogP contribution in [0.2, 0.25) is 0 Å². The lowest BCUT2D eigenvalue weighted by Gasteiger charge is -2.43. The smallest absolute Gasteiger partial charge is 0.344 e. The highest BCUT2D eigenvalue weighted by Crippen LogP contribution is 2.30. The maximum Gasteiger partial charge on any atom is 0.344 e. The first kappa shape index (κ1) is 30.6. The third-order valence-electron chi connectivity index (χ3n) is 8.93. The fourth-order valence-corrected chi connectivity index (χ4v) is 7.84. The van der Waals surface area contributed by atoms with Gasteiger partial charge >= 0.3 is 5.69 Å². The number of ether oxygens (including phenoxy) is 1. The number of amides is 1. The van der Waals surface area contributed by atoms with E-state index in [1.165, 1.54) is 54.1 Å². The molecule has 3 aromatic carbocycles. The molecule has 0 aliphatic carbocycles. The van der Waals surface area contributed by atoms with Gasteiger partial charge in [0.05, 0.1) is 34.7 Å². The van der Waals surface area contributed by atoms with Crippen LogP contribution in [-0.2, 0) is 14.8 Å². The van der Waals surface area contributed by atoms with Crippen molar-refractivity contribution in [3.8, 4) is 11.8 Å². The Balaban J connectivity index is 1.49. The van der Waals surface area contributed by atoms with Gasteiger partial charge in [-0.1, -0.05) is 30.3 Å². The van der Waals surface area contributed by atoms with E-state index in [1.54, 1.807) is 24.3 Å². The van der Waals surface area contributed by atoms with Crippen molar-refractivity contribution in [3.63, 3.8) is 0 Å². The summed E-state index contributed by atoms with van der Waals surface area (Å²) in [7, 11) is -0.817. The number of fused-ring (bicyclic) bond motifs is 1. The minimum atomic E-state index is -4.40. The summed E-state index contributed by atoms with van der Waals surface area (Å²) in [5.41, 5.74) is 0.173. The van der Waals surface area contributed by atoms with E-state index in [0.29, 0.717) is 24.4 Å². The third-order valence-corrected chi connectivity index (χ3v) is 10.6. The van der Waals surface area contributed by atoms with E-state index in [0.717, 1.165) is 43.0 Å². The van der Waals surface area contributed by atoms with Crippen molar-refractivity contribution in [2.24, 2.45) is 0 Å². The second-order valence-electron chi connectivity index (χ2n) is 11.6. The molecule has 2 saturated heterocycles. The highest BCUT2D eigenvalue weighted by Gasteiger charge is 2.37. The number of carbonyl (C=O) groups excluding carboxylic acids is 1. The monoisotopic (exact) mass is 628 g/mol. The zero-order chi connectivity index (χ0) is 31.7. The SMILES string of the molecule is COc1ccc(S(=O)(=O)n2c(=O)n(C(C(=O)N3CCC[C@H](N4CCN(C)CC4)C3)c3ccccc3)c3cc(C#N)ccc32)cc1. The van der Waals surface area contributed by atoms with Crippen LogP contribution in [0.3, 0.4) is 0 Å². The van der Waals surface area contributed by atoms with Crippen molar-refractivity contribution in [2.45, 2.75) is 29.8 Å². The van der Waals surface area contributed by atoms with Crippen LogP contribution < -0.4 is 10.4 Å². The Hall–Kier alpha value is -4.44. The molecular weight excluding hydrogens is 592 g/mol. The van der Waals surface area contributed by atoms with Gasteiger partial charge in [-0.3, -0.25) is 14.3 Å². The minimum absolute atomic E-state index is 0.0810. The molecule has 0 radical (unpaired) electrons. The number of rotatable bonds is 7. The summed E-state index contributed by atoms with van der Waals surface area (Å²) in [4.78, 5) is 35.5. The van der Waals surface area contributed by atoms with Gasteiger partial charge in [0.25, 0.3) is 15.9 Å².